The first-order chi connectivity index (χ1) is 7.75. The SMILES string of the molecule is Oc1ccc(CCC2CCNCC2)cc1F. The molecule has 0 unspecified atom stereocenters. The fourth-order valence-electron chi connectivity index (χ4n) is 2.25. The van der Waals surface area contributed by atoms with E-state index in [1.165, 1.54) is 25.0 Å². The third-order valence-electron chi connectivity index (χ3n) is 3.31. The number of rotatable bonds is 3. The molecule has 0 saturated carbocycles. The van der Waals surface area contributed by atoms with Crippen LogP contribution in [0.3, 0.4) is 0 Å². The van der Waals surface area contributed by atoms with Crippen molar-refractivity contribution in [3.8, 4) is 5.75 Å². The number of phenolic OH excluding ortho intramolecular Hbond substituents is 1. The molecule has 1 saturated heterocycles. The third kappa shape index (κ3) is 2.95. The van der Waals surface area contributed by atoms with Crippen molar-refractivity contribution < 1.29 is 9.50 Å². The van der Waals surface area contributed by atoms with Gasteiger partial charge in [0.2, 0.25) is 0 Å². The van der Waals surface area contributed by atoms with Gasteiger partial charge in [0.25, 0.3) is 0 Å². The minimum Gasteiger partial charge on any atom is -0.505 e. The molecule has 1 heterocycles. The summed E-state index contributed by atoms with van der Waals surface area (Å²) in [6.45, 7) is 2.21. The van der Waals surface area contributed by atoms with Crippen molar-refractivity contribution in [1.29, 1.82) is 0 Å². The molecule has 0 amide bonds. The molecular formula is C13H18FNO. The quantitative estimate of drug-likeness (QED) is 0.825. The zero-order valence-electron chi connectivity index (χ0n) is 9.38. The maximum atomic E-state index is 13.1. The van der Waals surface area contributed by atoms with E-state index in [1.807, 2.05) is 0 Å². The van der Waals surface area contributed by atoms with E-state index in [0.717, 1.165) is 37.4 Å². The molecule has 1 fully saturated rings. The lowest BCUT2D eigenvalue weighted by Gasteiger charge is -2.22. The summed E-state index contributed by atoms with van der Waals surface area (Å²) >= 11 is 0. The van der Waals surface area contributed by atoms with Gasteiger partial charge in [-0.25, -0.2) is 4.39 Å². The number of aryl methyl sites for hydroxylation is 1. The second-order valence-corrected chi connectivity index (χ2v) is 4.52. The van der Waals surface area contributed by atoms with E-state index in [9.17, 15) is 4.39 Å². The monoisotopic (exact) mass is 223 g/mol. The van der Waals surface area contributed by atoms with E-state index in [0.29, 0.717) is 0 Å². The Balaban J connectivity index is 1.86. The molecule has 1 aliphatic heterocycles. The summed E-state index contributed by atoms with van der Waals surface area (Å²) in [6.07, 6.45) is 4.47. The van der Waals surface area contributed by atoms with Crippen LogP contribution in [0.15, 0.2) is 18.2 Å². The molecule has 2 rings (SSSR count). The number of halogens is 1. The van der Waals surface area contributed by atoms with Crippen molar-refractivity contribution in [2.24, 2.45) is 5.92 Å². The smallest absolute Gasteiger partial charge is 0.165 e. The summed E-state index contributed by atoms with van der Waals surface area (Å²) in [5.41, 5.74) is 0.980. The average molecular weight is 223 g/mol. The molecule has 0 radical (unpaired) electrons. The molecule has 0 atom stereocenters. The fourth-order valence-corrected chi connectivity index (χ4v) is 2.25. The van der Waals surface area contributed by atoms with E-state index in [-0.39, 0.29) is 5.75 Å². The number of hydrogen-bond acceptors (Lipinski definition) is 2. The van der Waals surface area contributed by atoms with Gasteiger partial charge in [-0.15, -0.1) is 0 Å². The molecule has 1 aromatic carbocycles. The van der Waals surface area contributed by atoms with Crippen LogP contribution in [0.1, 0.15) is 24.8 Å². The van der Waals surface area contributed by atoms with Crippen molar-refractivity contribution >= 4 is 0 Å². The fraction of sp³-hybridized carbons (Fsp3) is 0.538. The summed E-state index contributed by atoms with van der Waals surface area (Å²) < 4.78 is 13.1. The summed E-state index contributed by atoms with van der Waals surface area (Å²) in [6, 6.07) is 4.68. The van der Waals surface area contributed by atoms with Crippen LogP contribution in [0.2, 0.25) is 0 Å². The maximum absolute atomic E-state index is 13.1. The van der Waals surface area contributed by atoms with E-state index >= 15 is 0 Å². The van der Waals surface area contributed by atoms with Crippen molar-refractivity contribution in [1.82, 2.24) is 5.32 Å². The number of benzene rings is 1. The number of nitrogens with one attached hydrogen (secondary N) is 1. The topological polar surface area (TPSA) is 32.3 Å². The summed E-state index contributed by atoms with van der Waals surface area (Å²) in [7, 11) is 0. The first kappa shape index (κ1) is 11.4. The Morgan fingerprint density at radius 2 is 2.06 bits per heavy atom. The molecule has 1 aliphatic rings. The number of phenols is 1. The molecule has 0 aromatic heterocycles. The molecular weight excluding hydrogens is 205 g/mol. The van der Waals surface area contributed by atoms with Crippen LogP contribution in [-0.2, 0) is 6.42 Å². The van der Waals surface area contributed by atoms with E-state index in [2.05, 4.69) is 5.32 Å². The molecule has 1 aromatic rings. The standard InChI is InChI=1S/C13H18FNO/c14-12-9-11(3-4-13(12)16)2-1-10-5-7-15-8-6-10/h3-4,9-10,15-16H,1-2,5-8H2. The van der Waals surface area contributed by atoms with Gasteiger partial charge in [-0.05, 0) is 62.4 Å². The molecule has 88 valence electrons. The van der Waals surface area contributed by atoms with Crippen LogP contribution < -0.4 is 5.32 Å². The van der Waals surface area contributed by atoms with Crippen molar-refractivity contribution in [2.45, 2.75) is 25.7 Å². The van der Waals surface area contributed by atoms with Gasteiger partial charge in [0.05, 0.1) is 0 Å². The van der Waals surface area contributed by atoms with E-state index < -0.39 is 5.82 Å². The van der Waals surface area contributed by atoms with Crippen LogP contribution in [0.5, 0.6) is 5.75 Å². The molecule has 0 spiro atoms. The molecule has 3 heteroatoms. The highest BCUT2D eigenvalue weighted by Crippen LogP contribution is 2.21. The third-order valence-corrected chi connectivity index (χ3v) is 3.31. The highest BCUT2D eigenvalue weighted by atomic mass is 19.1. The maximum Gasteiger partial charge on any atom is 0.165 e. The predicted molar refractivity (Wildman–Crippen MR) is 62.0 cm³/mol. The highest BCUT2D eigenvalue weighted by Gasteiger charge is 2.13. The molecule has 2 nitrogen and oxygen atoms in total. The Morgan fingerprint density at radius 1 is 1.31 bits per heavy atom. The molecule has 0 aliphatic carbocycles. The summed E-state index contributed by atoms with van der Waals surface area (Å²) in [5, 5.41) is 12.4. The van der Waals surface area contributed by atoms with E-state index in [1.54, 1.807) is 6.07 Å². The Morgan fingerprint density at radius 3 is 2.75 bits per heavy atom. The van der Waals surface area contributed by atoms with E-state index in [4.69, 9.17) is 5.11 Å². The first-order valence-corrected chi connectivity index (χ1v) is 5.94. The van der Waals surface area contributed by atoms with Crippen molar-refractivity contribution in [3.63, 3.8) is 0 Å². The zero-order chi connectivity index (χ0) is 11.4. The van der Waals surface area contributed by atoms with Crippen LogP contribution in [-0.4, -0.2) is 18.2 Å². The van der Waals surface area contributed by atoms with Gasteiger partial charge in [-0.3, -0.25) is 0 Å². The van der Waals surface area contributed by atoms with Gasteiger partial charge >= 0.3 is 0 Å². The number of hydrogen-bond donors (Lipinski definition) is 2. The van der Waals surface area contributed by atoms with Gasteiger partial charge in [0.15, 0.2) is 11.6 Å². The summed E-state index contributed by atoms with van der Waals surface area (Å²) in [5.74, 6) is -0.00783. The number of piperidine rings is 1. The normalized spacial score (nSPS) is 17.6. The zero-order valence-corrected chi connectivity index (χ0v) is 9.38. The van der Waals surface area contributed by atoms with Gasteiger partial charge in [0.1, 0.15) is 0 Å². The van der Waals surface area contributed by atoms with Crippen LogP contribution in [0.25, 0.3) is 0 Å². The van der Waals surface area contributed by atoms with Gasteiger partial charge in [-0.2, -0.15) is 0 Å². The van der Waals surface area contributed by atoms with Crippen molar-refractivity contribution in [2.75, 3.05) is 13.1 Å². The van der Waals surface area contributed by atoms with Crippen molar-refractivity contribution in [3.05, 3.63) is 29.6 Å². The molecule has 16 heavy (non-hydrogen) atoms. The van der Waals surface area contributed by atoms with Crippen LogP contribution in [0.4, 0.5) is 4.39 Å². The lowest BCUT2D eigenvalue weighted by Crippen LogP contribution is -2.27. The van der Waals surface area contributed by atoms with Crippen LogP contribution >= 0.6 is 0 Å². The Hall–Kier alpha value is -1.09. The van der Waals surface area contributed by atoms with Gasteiger partial charge in [-0.1, -0.05) is 6.07 Å². The Labute approximate surface area is 95.5 Å². The average Bonchev–Trinajstić information content (AvgIpc) is 2.32. The minimum absolute atomic E-state index is 0.259. The number of aromatic hydroxyl groups is 1. The second-order valence-electron chi connectivity index (χ2n) is 4.52. The molecule has 2 N–H and O–H groups in total. The highest BCUT2D eigenvalue weighted by molar-refractivity contribution is 5.28. The van der Waals surface area contributed by atoms with Gasteiger partial charge in [0, 0.05) is 0 Å². The van der Waals surface area contributed by atoms with Crippen LogP contribution in [0, 0.1) is 11.7 Å². The second kappa shape index (κ2) is 5.30. The van der Waals surface area contributed by atoms with Gasteiger partial charge < -0.3 is 10.4 Å². The largest absolute Gasteiger partial charge is 0.505 e. The lowest BCUT2D eigenvalue weighted by atomic mass is 9.91. The Bertz CT molecular complexity index is 348. The Kier molecular flexibility index (Phi) is 3.78. The predicted octanol–water partition coefficient (Wildman–Crippen LogP) is 2.46. The summed E-state index contributed by atoms with van der Waals surface area (Å²) in [4.78, 5) is 0. The first-order valence-electron chi connectivity index (χ1n) is 5.94. The lowest BCUT2D eigenvalue weighted by molar-refractivity contribution is 0.354. The molecule has 0 bridgehead atoms. The minimum atomic E-state index is -0.511.